The van der Waals surface area contributed by atoms with Gasteiger partial charge in [0.2, 0.25) is 5.91 Å². The highest BCUT2D eigenvalue weighted by atomic mass is 35.5. The molecule has 1 aromatic carbocycles. The van der Waals surface area contributed by atoms with E-state index in [0.717, 1.165) is 38.0 Å². The molecule has 3 nitrogen and oxygen atoms in total. The van der Waals surface area contributed by atoms with Crippen molar-refractivity contribution in [2.75, 3.05) is 19.6 Å². The number of halogens is 2. The average molecular weight is 385 g/mol. The van der Waals surface area contributed by atoms with Crippen LogP contribution in [0, 0.1) is 11.3 Å². The van der Waals surface area contributed by atoms with Crippen LogP contribution in [0.25, 0.3) is 0 Å². The van der Waals surface area contributed by atoms with Gasteiger partial charge < -0.3 is 10.2 Å². The van der Waals surface area contributed by atoms with E-state index in [1.54, 1.807) is 6.07 Å². The number of carbonyl (C=O) groups is 1. The van der Waals surface area contributed by atoms with Crippen molar-refractivity contribution in [3.63, 3.8) is 0 Å². The van der Waals surface area contributed by atoms with Crippen molar-refractivity contribution < 1.29 is 4.79 Å². The summed E-state index contributed by atoms with van der Waals surface area (Å²) in [6, 6.07) is 5.37. The van der Waals surface area contributed by atoms with Crippen molar-refractivity contribution in [1.82, 2.24) is 10.2 Å². The zero-order valence-electron chi connectivity index (χ0n) is 15.6. The quantitative estimate of drug-likeness (QED) is 0.735. The number of hydrogen-bond acceptors (Lipinski definition) is 2. The molecule has 0 atom stereocenters. The van der Waals surface area contributed by atoms with Crippen LogP contribution in [0.15, 0.2) is 18.2 Å². The van der Waals surface area contributed by atoms with Crippen LogP contribution >= 0.6 is 23.2 Å². The maximum absolute atomic E-state index is 12.2. The summed E-state index contributed by atoms with van der Waals surface area (Å²) in [4.78, 5) is 14.7. The van der Waals surface area contributed by atoms with E-state index in [2.05, 4.69) is 31.0 Å². The second-order valence-electron chi connectivity index (χ2n) is 8.35. The van der Waals surface area contributed by atoms with Gasteiger partial charge in [-0.2, -0.15) is 0 Å². The van der Waals surface area contributed by atoms with Crippen LogP contribution < -0.4 is 5.32 Å². The largest absolute Gasteiger partial charge is 0.352 e. The van der Waals surface area contributed by atoms with Crippen molar-refractivity contribution in [3.8, 4) is 0 Å². The predicted octanol–water partition coefficient (Wildman–Crippen LogP) is 5.15. The lowest BCUT2D eigenvalue weighted by Crippen LogP contribution is -2.37. The van der Waals surface area contributed by atoms with E-state index in [-0.39, 0.29) is 5.91 Å². The SMILES string of the molecule is CC(C)(C)CCN1CCC(CC(=O)NCc2cc(Cl)cc(Cl)c2)CC1. The highest BCUT2D eigenvalue weighted by molar-refractivity contribution is 6.34. The van der Waals surface area contributed by atoms with Gasteiger partial charge in [0.15, 0.2) is 0 Å². The van der Waals surface area contributed by atoms with Crippen molar-refractivity contribution in [2.45, 2.75) is 53.0 Å². The van der Waals surface area contributed by atoms with E-state index in [4.69, 9.17) is 23.2 Å². The first kappa shape index (κ1) is 20.5. The fourth-order valence-corrected chi connectivity index (χ4v) is 3.73. The second kappa shape index (κ2) is 9.25. The number of piperidine rings is 1. The number of nitrogens with zero attached hydrogens (tertiary/aromatic N) is 1. The summed E-state index contributed by atoms with van der Waals surface area (Å²) in [5.41, 5.74) is 1.32. The Kier molecular flexibility index (Phi) is 7.60. The number of rotatable bonds is 6. The molecule has 25 heavy (non-hydrogen) atoms. The Labute approximate surface area is 162 Å². The van der Waals surface area contributed by atoms with Gasteiger partial charge in [0, 0.05) is 23.0 Å². The maximum atomic E-state index is 12.2. The van der Waals surface area contributed by atoms with E-state index >= 15 is 0 Å². The first-order valence-corrected chi connectivity index (χ1v) is 9.91. The number of benzene rings is 1. The summed E-state index contributed by atoms with van der Waals surface area (Å²) >= 11 is 12.0. The molecule has 0 bridgehead atoms. The Morgan fingerprint density at radius 1 is 1.16 bits per heavy atom. The molecule has 1 aromatic rings. The van der Waals surface area contributed by atoms with Gasteiger partial charge in [-0.05, 0) is 74.0 Å². The summed E-state index contributed by atoms with van der Waals surface area (Å²) in [7, 11) is 0. The molecule has 0 unspecified atom stereocenters. The molecule has 0 spiro atoms. The molecule has 1 aliphatic heterocycles. The number of nitrogens with one attached hydrogen (secondary N) is 1. The molecule has 1 amide bonds. The smallest absolute Gasteiger partial charge is 0.220 e. The highest BCUT2D eigenvalue weighted by Crippen LogP contribution is 2.24. The summed E-state index contributed by atoms with van der Waals surface area (Å²) in [5, 5.41) is 4.18. The molecule has 0 radical (unpaired) electrons. The molecule has 1 fully saturated rings. The van der Waals surface area contributed by atoms with Gasteiger partial charge in [0.25, 0.3) is 0 Å². The van der Waals surface area contributed by atoms with Gasteiger partial charge in [-0.25, -0.2) is 0 Å². The molecule has 5 heteroatoms. The Morgan fingerprint density at radius 3 is 2.32 bits per heavy atom. The molecule has 0 aromatic heterocycles. The minimum Gasteiger partial charge on any atom is -0.352 e. The van der Waals surface area contributed by atoms with Crippen LogP contribution in [0.5, 0.6) is 0 Å². The van der Waals surface area contributed by atoms with Crippen LogP contribution in [-0.2, 0) is 11.3 Å². The zero-order valence-corrected chi connectivity index (χ0v) is 17.1. The van der Waals surface area contributed by atoms with E-state index < -0.39 is 0 Å². The van der Waals surface area contributed by atoms with Gasteiger partial charge >= 0.3 is 0 Å². The van der Waals surface area contributed by atoms with E-state index in [9.17, 15) is 4.79 Å². The van der Waals surface area contributed by atoms with Crippen LogP contribution in [-0.4, -0.2) is 30.4 Å². The summed E-state index contributed by atoms with van der Waals surface area (Å²) in [6.45, 7) is 10.7. The topological polar surface area (TPSA) is 32.3 Å². The lowest BCUT2D eigenvalue weighted by Gasteiger charge is -2.33. The van der Waals surface area contributed by atoms with Crippen LogP contribution in [0.2, 0.25) is 10.0 Å². The lowest BCUT2D eigenvalue weighted by molar-refractivity contribution is -0.122. The van der Waals surface area contributed by atoms with Crippen molar-refractivity contribution in [2.24, 2.45) is 11.3 Å². The molecule has 1 heterocycles. The first-order valence-electron chi connectivity index (χ1n) is 9.15. The van der Waals surface area contributed by atoms with E-state index in [0.29, 0.717) is 34.3 Å². The minimum atomic E-state index is 0.115. The molecule has 140 valence electrons. The minimum absolute atomic E-state index is 0.115. The fourth-order valence-electron chi connectivity index (χ4n) is 3.16. The summed E-state index contributed by atoms with van der Waals surface area (Å²) in [5.74, 6) is 0.609. The van der Waals surface area contributed by atoms with E-state index in [1.165, 1.54) is 6.42 Å². The third-order valence-corrected chi connectivity index (χ3v) is 5.21. The molecular formula is C20H30Cl2N2O. The molecule has 0 aliphatic carbocycles. The number of carbonyl (C=O) groups excluding carboxylic acids is 1. The molecule has 1 aliphatic rings. The summed E-state index contributed by atoms with van der Waals surface area (Å²) in [6.07, 6.45) is 4.06. The standard InChI is InChI=1S/C20H30Cl2N2O/c1-20(2,3)6-9-24-7-4-15(5-8-24)12-19(25)23-14-16-10-17(21)13-18(22)11-16/h10-11,13,15H,4-9,12,14H2,1-3H3,(H,23,25). The highest BCUT2D eigenvalue weighted by Gasteiger charge is 2.22. The Morgan fingerprint density at radius 2 is 1.76 bits per heavy atom. The number of likely N-dealkylation sites (tertiary alicyclic amines) is 1. The second-order valence-corrected chi connectivity index (χ2v) is 9.23. The van der Waals surface area contributed by atoms with Gasteiger partial charge in [-0.15, -0.1) is 0 Å². The van der Waals surface area contributed by atoms with Crippen molar-refractivity contribution >= 4 is 29.1 Å². The van der Waals surface area contributed by atoms with Crippen LogP contribution in [0.1, 0.15) is 52.0 Å². The lowest BCUT2D eigenvalue weighted by atomic mass is 9.90. The molecular weight excluding hydrogens is 355 g/mol. The molecule has 1 N–H and O–H groups in total. The first-order chi connectivity index (χ1) is 11.7. The third-order valence-electron chi connectivity index (χ3n) is 4.77. The monoisotopic (exact) mass is 384 g/mol. The normalized spacial score (nSPS) is 16.8. The maximum Gasteiger partial charge on any atom is 0.220 e. The molecule has 0 saturated carbocycles. The zero-order chi connectivity index (χ0) is 18.4. The Hall–Kier alpha value is -0.770. The van der Waals surface area contributed by atoms with Crippen LogP contribution in [0.3, 0.4) is 0 Å². The van der Waals surface area contributed by atoms with Crippen molar-refractivity contribution in [1.29, 1.82) is 0 Å². The Balaban J connectivity index is 1.68. The molecule has 2 rings (SSSR count). The van der Waals surface area contributed by atoms with Crippen LogP contribution in [0.4, 0.5) is 0 Å². The van der Waals surface area contributed by atoms with Gasteiger partial charge in [-0.3, -0.25) is 4.79 Å². The predicted molar refractivity (Wildman–Crippen MR) is 106 cm³/mol. The summed E-state index contributed by atoms with van der Waals surface area (Å²) < 4.78 is 0. The third kappa shape index (κ3) is 7.98. The number of hydrogen-bond donors (Lipinski definition) is 1. The average Bonchev–Trinajstić information content (AvgIpc) is 2.51. The van der Waals surface area contributed by atoms with E-state index in [1.807, 2.05) is 12.1 Å². The van der Waals surface area contributed by atoms with Crippen molar-refractivity contribution in [3.05, 3.63) is 33.8 Å². The van der Waals surface area contributed by atoms with Gasteiger partial charge in [0.05, 0.1) is 0 Å². The molecule has 1 saturated heterocycles. The Bertz CT molecular complexity index is 555. The van der Waals surface area contributed by atoms with Gasteiger partial charge in [-0.1, -0.05) is 44.0 Å². The fraction of sp³-hybridized carbons (Fsp3) is 0.650. The number of amides is 1. The van der Waals surface area contributed by atoms with Gasteiger partial charge in [0.1, 0.15) is 0 Å².